The molecule has 2 heterocycles. The van der Waals surface area contributed by atoms with E-state index in [0.29, 0.717) is 30.4 Å². The molecular weight excluding hydrogens is 608 g/mol. The van der Waals surface area contributed by atoms with Gasteiger partial charge in [-0.05, 0) is 48.7 Å². The van der Waals surface area contributed by atoms with Crippen molar-refractivity contribution in [3.8, 4) is 0 Å². The number of carbonyl (C=O) groups is 4. The standard InChI is InChI=1S/C36H48O11/c1-9-19(4)29(40)46-31-33(6)17-35(47-24(38)14-18(2)3)34(7,22(33)15-23(37)43-8)21-10-12-32(5,27(39)20-11-13-44-16-20)26-25(21)28(36(31,35)42)45-30(26)41/h11,13,16,18-19,21-22,27-28,31,39,42H,9-10,12,14-15,17H2,1-8H3/t19-,21?,22-,27-,28?,31-,32+,33+,34-,35-,36-/m0/s1. The lowest BCUT2D eigenvalue weighted by Gasteiger charge is -2.67. The lowest BCUT2D eigenvalue weighted by Crippen LogP contribution is -2.80. The molecule has 258 valence electrons. The van der Waals surface area contributed by atoms with Crippen LogP contribution in [0, 0.1) is 39.9 Å². The Hall–Kier alpha value is -3.18. The molecule has 11 heteroatoms. The molecule has 2 unspecified atom stereocenters. The third-order valence-electron chi connectivity index (χ3n) is 12.9. The van der Waals surface area contributed by atoms with Crippen LogP contribution in [0.2, 0.25) is 0 Å². The first-order chi connectivity index (χ1) is 22.0. The number of methoxy groups -OCH3 is 1. The molecule has 1 aromatic rings. The number of furan rings is 1. The summed E-state index contributed by atoms with van der Waals surface area (Å²) in [6.07, 6.45) is 0.492. The van der Waals surface area contributed by atoms with Gasteiger partial charge >= 0.3 is 23.9 Å². The average molecular weight is 657 g/mol. The summed E-state index contributed by atoms with van der Waals surface area (Å²) in [5.41, 5.74) is -5.93. The van der Waals surface area contributed by atoms with Crippen molar-refractivity contribution in [1.29, 1.82) is 0 Å². The van der Waals surface area contributed by atoms with Gasteiger partial charge in [-0.1, -0.05) is 48.5 Å². The van der Waals surface area contributed by atoms with E-state index in [-0.39, 0.29) is 30.8 Å². The van der Waals surface area contributed by atoms with Gasteiger partial charge in [-0.15, -0.1) is 0 Å². The molecule has 1 aromatic heterocycles. The molecule has 6 rings (SSSR count). The van der Waals surface area contributed by atoms with Gasteiger partial charge in [-0.25, -0.2) is 4.79 Å². The second kappa shape index (κ2) is 10.9. The molecule has 3 saturated carbocycles. The molecule has 2 N–H and O–H groups in total. The minimum atomic E-state index is -2.19. The molecule has 11 nitrogen and oxygen atoms in total. The van der Waals surface area contributed by atoms with E-state index < -0.39 is 87.4 Å². The van der Waals surface area contributed by atoms with Crippen LogP contribution in [0.5, 0.6) is 0 Å². The number of aliphatic hydroxyl groups excluding tert-OH is 1. The summed E-state index contributed by atoms with van der Waals surface area (Å²) in [7, 11) is 1.31. The Kier molecular flexibility index (Phi) is 7.83. The number of hydrogen-bond donors (Lipinski definition) is 2. The Bertz CT molecular complexity index is 1510. The van der Waals surface area contributed by atoms with E-state index in [1.165, 1.54) is 19.6 Å². The molecule has 0 spiro atoms. The van der Waals surface area contributed by atoms with Crippen LogP contribution in [0.3, 0.4) is 0 Å². The Morgan fingerprint density at radius 1 is 1.13 bits per heavy atom. The monoisotopic (exact) mass is 656 g/mol. The minimum absolute atomic E-state index is 0.0496. The largest absolute Gasteiger partial charge is 0.472 e. The van der Waals surface area contributed by atoms with E-state index in [1.807, 2.05) is 34.6 Å². The molecule has 1 aliphatic heterocycles. The highest BCUT2D eigenvalue weighted by atomic mass is 16.6. The molecule has 4 aliphatic carbocycles. The molecule has 11 atom stereocenters. The second-order valence-corrected chi connectivity index (χ2v) is 15.7. The maximum absolute atomic E-state index is 14.1. The van der Waals surface area contributed by atoms with Crippen LogP contribution >= 0.6 is 0 Å². The minimum Gasteiger partial charge on any atom is -0.472 e. The second-order valence-electron chi connectivity index (χ2n) is 15.7. The van der Waals surface area contributed by atoms with Crippen molar-refractivity contribution in [1.82, 2.24) is 0 Å². The van der Waals surface area contributed by atoms with Crippen LogP contribution in [0.4, 0.5) is 0 Å². The summed E-state index contributed by atoms with van der Waals surface area (Å²) >= 11 is 0. The summed E-state index contributed by atoms with van der Waals surface area (Å²) < 4.78 is 29.5. The normalized spacial score (nSPS) is 41.0. The van der Waals surface area contributed by atoms with Crippen molar-refractivity contribution in [3.63, 3.8) is 0 Å². The number of esters is 4. The van der Waals surface area contributed by atoms with Gasteiger partial charge in [-0.3, -0.25) is 14.4 Å². The number of carbonyl (C=O) groups excluding carboxylic acids is 4. The molecule has 0 saturated heterocycles. The fraction of sp³-hybridized carbons (Fsp3) is 0.722. The zero-order valence-corrected chi connectivity index (χ0v) is 28.6. The van der Waals surface area contributed by atoms with Crippen molar-refractivity contribution >= 4 is 23.9 Å². The SMILES string of the molecule is CC[C@H](C)C(=O)O[C@H]1[C@]2(C)C[C@]3(OC(=O)CC(C)C)[C@@](C)(C4CC[C@@](C)([C@@H](O)c5ccoc5)C5=C4C(OC5=O)[C@]13O)[C@H]2CC(=O)OC. The van der Waals surface area contributed by atoms with Crippen molar-refractivity contribution in [2.75, 3.05) is 7.11 Å². The Balaban J connectivity index is 1.63. The van der Waals surface area contributed by atoms with E-state index in [9.17, 15) is 29.4 Å². The van der Waals surface area contributed by atoms with Gasteiger partial charge in [0, 0.05) is 46.6 Å². The van der Waals surface area contributed by atoms with Crippen LogP contribution in [0.1, 0.15) is 98.7 Å². The Labute approximate surface area is 275 Å². The molecule has 2 bridgehead atoms. The first-order valence-corrected chi connectivity index (χ1v) is 16.8. The fourth-order valence-corrected chi connectivity index (χ4v) is 10.5. The maximum atomic E-state index is 14.1. The van der Waals surface area contributed by atoms with Crippen LogP contribution in [-0.2, 0) is 38.1 Å². The molecule has 5 aliphatic rings. The van der Waals surface area contributed by atoms with E-state index in [1.54, 1.807) is 19.9 Å². The average Bonchev–Trinajstić information content (AvgIpc) is 3.75. The van der Waals surface area contributed by atoms with Gasteiger partial charge in [-0.2, -0.15) is 0 Å². The quantitative estimate of drug-likeness (QED) is 0.268. The topological polar surface area (TPSA) is 159 Å². The molecule has 0 amide bonds. The molecule has 3 fully saturated rings. The van der Waals surface area contributed by atoms with E-state index in [2.05, 4.69) is 0 Å². The first kappa shape index (κ1) is 33.7. The number of ether oxygens (including phenoxy) is 4. The number of fused-ring (bicyclic) bond motifs is 3. The summed E-state index contributed by atoms with van der Waals surface area (Å²) in [5, 5.41) is 25.1. The summed E-state index contributed by atoms with van der Waals surface area (Å²) in [4.78, 5) is 54.6. The fourth-order valence-electron chi connectivity index (χ4n) is 10.5. The van der Waals surface area contributed by atoms with Crippen LogP contribution < -0.4 is 0 Å². The number of rotatable bonds is 10. The molecule has 0 radical (unpaired) electrons. The van der Waals surface area contributed by atoms with Crippen LogP contribution in [0.25, 0.3) is 0 Å². The van der Waals surface area contributed by atoms with Gasteiger partial charge in [0.05, 0.1) is 31.7 Å². The molecular formula is C36H48O11. The number of aliphatic hydroxyl groups is 2. The maximum Gasteiger partial charge on any atom is 0.335 e. The van der Waals surface area contributed by atoms with E-state index >= 15 is 0 Å². The zero-order valence-electron chi connectivity index (χ0n) is 28.6. The van der Waals surface area contributed by atoms with Gasteiger partial charge in [0.15, 0.2) is 17.3 Å². The smallest absolute Gasteiger partial charge is 0.335 e. The first-order valence-electron chi connectivity index (χ1n) is 16.8. The molecule has 47 heavy (non-hydrogen) atoms. The lowest BCUT2D eigenvalue weighted by molar-refractivity contribution is -0.316. The van der Waals surface area contributed by atoms with Gasteiger partial charge < -0.3 is 33.6 Å². The Morgan fingerprint density at radius 2 is 1.83 bits per heavy atom. The van der Waals surface area contributed by atoms with E-state index in [0.717, 1.165) is 0 Å². The summed E-state index contributed by atoms with van der Waals surface area (Å²) in [5.74, 6) is -3.89. The van der Waals surface area contributed by atoms with Crippen molar-refractivity contribution in [2.45, 2.75) is 117 Å². The van der Waals surface area contributed by atoms with Crippen molar-refractivity contribution in [2.24, 2.45) is 39.9 Å². The third kappa shape index (κ3) is 4.17. The highest BCUT2D eigenvalue weighted by molar-refractivity contribution is 5.95. The van der Waals surface area contributed by atoms with Gasteiger partial charge in [0.25, 0.3) is 0 Å². The predicted octanol–water partition coefficient (Wildman–Crippen LogP) is 4.59. The highest BCUT2D eigenvalue weighted by Gasteiger charge is 2.93. The summed E-state index contributed by atoms with van der Waals surface area (Å²) in [6.45, 7) is 13.0. The third-order valence-corrected chi connectivity index (χ3v) is 12.9. The summed E-state index contributed by atoms with van der Waals surface area (Å²) in [6, 6.07) is 1.64. The zero-order chi connectivity index (χ0) is 34.5. The number of hydrogen-bond acceptors (Lipinski definition) is 11. The van der Waals surface area contributed by atoms with Gasteiger partial charge in [0.2, 0.25) is 0 Å². The van der Waals surface area contributed by atoms with Crippen LogP contribution in [0.15, 0.2) is 34.2 Å². The van der Waals surface area contributed by atoms with Crippen molar-refractivity contribution in [3.05, 3.63) is 35.3 Å². The van der Waals surface area contributed by atoms with Crippen LogP contribution in [-0.4, -0.2) is 64.6 Å². The lowest BCUT2D eigenvalue weighted by atomic mass is 9.41. The molecule has 0 aromatic carbocycles. The van der Waals surface area contributed by atoms with E-state index in [4.69, 9.17) is 23.4 Å². The van der Waals surface area contributed by atoms with Crippen molar-refractivity contribution < 1.29 is 52.8 Å². The van der Waals surface area contributed by atoms with Gasteiger partial charge in [0.1, 0.15) is 6.10 Å². The Morgan fingerprint density at radius 3 is 2.43 bits per heavy atom. The highest BCUT2D eigenvalue weighted by Crippen LogP contribution is 2.82. The predicted molar refractivity (Wildman–Crippen MR) is 165 cm³/mol.